The molecule has 0 atom stereocenters. The number of rotatable bonds is 10. The number of ether oxygens (including phenoxy) is 1. The molecule has 1 fully saturated rings. The highest BCUT2D eigenvalue weighted by Gasteiger charge is 2.29. The van der Waals surface area contributed by atoms with Crippen molar-refractivity contribution in [1.82, 2.24) is 20.2 Å². The molecule has 1 aliphatic carbocycles. The molecule has 1 aromatic heterocycles. The van der Waals surface area contributed by atoms with Gasteiger partial charge in [0.2, 0.25) is 5.91 Å². The largest absolute Gasteiger partial charge is 0.384 e. The van der Waals surface area contributed by atoms with Crippen LogP contribution in [0, 0.1) is 5.92 Å². The normalized spacial score (nSPS) is 19.0. The van der Waals surface area contributed by atoms with Gasteiger partial charge < -0.3 is 15.0 Å². The summed E-state index contributed by atoms with van der Waals surface area (Å²) in [4.78, 5) is 36.1. The van der Waals surface area contributed by atoms with E-state index in [0.29, 0.717) is 44.1 Å². The zero-order valence-corrected chi connectivity index (χ0v) is 19.2. The van der Waals surface area contributed by atoms with Crippen molar-refractivity contribution in [1.29, 1.82) is 0 Å². The zero-order valence-electron chi connectivity index (χ0n) is 19.2. The Labute approximate surface area is 181 Å². The van der Waals surface area contributed by atoms with E-state index in [2.05, 4.69) is 24.1 Å². The fourth-order valence-corrected chi connectivity index (χ4v) is 4.03. The van der Waals surface area contributed by atoms with E-state index in [9.17, 15) is 9.59 Å². The number of aromatic nitrogens is 2. The van der Waals surface area contributed by atoms with Gasteiger partial charge in [0.25, 0.3) is 5.91 Å². The van der Waals surface area contributed by atoms with Crippen LogP contribution in [0.3, 0.4) is 0 Å². The second-order valence-electron chi connectivity index (χ2n) is 8.42. The molecule has 1 aliphatic rings. The second kappa shape index (κ2) is 12.0. The number of amides is 2. The van der Waals surface area contributed by atoms with Crippen LogP contribution in [0.5, 0.6) is 0 Å². The van der Waals surface area contributed by atoms with Crippen molar-refractivity contribution in [2.75, 3.05) is 33.4 Å². The topological polar surface area (TPSA) is 84.4 Å². The van der Waals surface area contributed by atoms with Crippen molar-refractivity contribution in [2.24, 2.45) is 5.92 Å². The summed E-state index contributed by atoms with van der Waals surface area (Å²) in [5.41, 5.74) is 1.56. The van der Waals surface area contributed by atoms with Crippen molar-refractivity contribution in [3.8, 4) is 0 Å². The summed E-state index contributed by atoms with van der Waals surface area (Å²) in [6.07, 6.45) is 6.14. The first kappa shape index (κ1) is 24.3. The molecular formula is C23H38N4O3. The third-order valence-electron chi connectivity index (χ3n) is 5.99. The third-order valence-corrected chi connectivity index (χ3v) is 5.99. The van der Waals surface area contributed by atoms with Crippen LogP contribution in [0.4, 0.5) is 0 Å². The smallest absolute Gasteiger partial charge is 0.257 e. The summed E-state index contributed by atoms with van der Waals surface area (Å²) in [5, 5.41) is 3.02. The first-order valence-corrected chi connectivity index (χ1v) is 11.3. The van der Waals surface area contributed by atoms with Crippen molar-refractivity contribution in [3.05, 3.63) is 23.3 Å². The van der Waals surface area contributed by atoms with Gasteiger partial charge >= 0.3 is 0 Å². The van der Waals surface area contributed by atoms with Gasteiger partial charge in [-0.1, -0.05) is 13.8 Å². The average molecular weight is 419 g/mol. The van der Waals surface area contributed by atoms with E-state index in [1.807, 2.05) is 18.7 Å². The van der Waals surface area contributed by atoms with Crippen LogP contribution in [-0.2, 0) is 9.53 Å². The molecule has 0 aliphatic heterocycles. The van der Waals surface area contributed by atoms with Gasteiger partial charge in [-0.15, -0.1) is 0 Å². The Morgan fingerprint density at radius 3 is 2.43 bits per heavy atom. The van der Waals surface area contributed by atoms with Crippen molar-refractivity contribution in [2.45, 2.75) is 71.6 Å². The first-order chi connectivity index (χ1) is 14.4. The van der Waals surface area contributed by atoms with E-state index in [4.69, 9.17) is 9.72 Å². The van der Waals surface area contributed by atoms with E-state index >= 15 is 0 Å². The van der Waals surface area contributed by atoms with Gasteiger partial charge in [0.1, 0.15) is 5.82 Å². The minimum absolute atomic E-state index is 0.0258. The van der Waals surface area contributed by atoms with Crippen LogP contribution in [0.15, 0.2) is 6.20 Å². The molecule has 0 radical (unpaired) electrons. The van der Waals surface area contributed by atoms with E-state index in [-0.39, 0.29) is 23.7 Å². The summed E-state index contributed by atoms with van der Waals surface area (Å²) in [7, 11) is 1.60. The number of methoxy groups -OCH3 is 1. The van der Waals surface area contributed by atoms with Crippen LogP contribution >= 0.6 is 0 Å². The van der Waals surface area contributed by atoms with Gasteiger partial charge in [0, 0.05) is 51.2 Å². The lowest BCUT2D eigenvalue weighted by Gasteiger charge is -2.30. The number of carbonyl (C=O) groups excluding carboxylic acids is 2. The molecule has 1 aromatic rings. The zero-order chi connectivity index (χ0) is 22.1. The number of nitrogens with zero attached hydrogens (tertiary/aromatic N) is 3. The highest BCUT2D eigenvalue weighted by molar-refractivity contribution is 5.95. The van der Waals surface area contributed by atoms with E-state index in [0.717, 1.165) is 37.2 Å². The second-order valence-corrected chi connectivity index (χ2v) is 8.42. The first-order valence-electron chi connectivity index (χ1n) is 11.3. The lowest BCUT2D eigenvalue weighted by atomic mass is 9.79. The molecule has 168 valence electrons. The fraction of sp³-hybridized carbons (Fsp3) is 0.739. The Morgan fingerprint density at radius 1 is 1.20 bits per heavy atom. The van der Waals surface area contributed by atoms with Gasteiger partial charge in [-0.2, -0.15) is 0 Å². The summed E-state index contributed by atoms with van der Waals surface area (Å²) in [5.74, 6) is 1.83. The Balaban J connectivity index is 2.08. The third kappa shape index (κ3) is 6.49. The lowest BCUT2D eigenvalue weighted by molar-refractivity contribution is -0.122. The monoisotopic (exact) mass is 418 g/mol. The van der Waals surface area contributed by atoms with Crippen LogP contribution in [0.2, 0.25) is 0 Å². The molecule has 7 nitrogen and oxygen atoms in total. The van der Waals surface area contributed by atoms with Crippen molar-refractivity contribution >= 4 is 11.8 Å². The van der Waals surface area contributed by atoms with Crippen molar-refractivity contribution < 1.29 is 14.3 Å². The minimum atomic E-state index is 0.0258. The lowest BCUT2D eigenvalue weighted by Crippen LogP contribution is -2.33. The summed E-state index contributed by atoms with van der Waals surface area (Å²) < 4.78 is 4.95. The minimum Gasteiger partial charge on any atom is -0.384 e. The molecule has 1 saturated carbocycles. The van der Waals surface area contributed by atoms with Gasteiger partial charge in [-0.3, -0.25) is 9.59 Å². The molecule has 0 unspecified atom stereocenters. The predicted octanol–water partition coefficient (Wildman–Crippen LogP) is 3.51. The SMILES string of the molecule is CCN(CC)C(=O)c1cnc(C(C)C)nc1C1CCC(CNC(=O)CCOC)CC1. The summed E-state index contributed by atoms with van der Waals surface area (Å²) in [6, 6.07) is 0. The van der Waals surface area contributed by atoms with Crippen LogP contribution < -0.4 is 5.32 Å². The maximum atomic E-state index is 13.1. The summed E-state index contributed by atoms with van der Waals surface area (Å²) >= 11 is 0. The number of hydrogen-bond acceptors (Lipinski definition) is 5. The average Bonchev–Trinajstić information content (AvgIpc) is 2.76. The molecule has 30 heavy (non-hydrogen) atoms. The highest BCUT2D eigenvalue weighted by Crippen LogP contribution is 2.36. The van der Waals surface area contributed by atoms with Crippen LogP contribution in [-0.4, -0.2) is 60.0 Å². The maximum absolute atomic E-state index is 13.1. The molecule has 0 aromatic carbocycles. The highest BCUT2D eigenvalue weighted by atomic mass is 16.5. The number of nitrogens with one attached hydrogen (secondary N) is 1. The van der Waals surface area contributed by atoms with E-state index in [1.54, 1.807) is 13.3 Å². The van der Waals surface area contributed by atoms with Crippen LogP contribution in [0.1, 0.15) is 93.5 Å². The quantitative estimate of drug-likeness (QED) is 0.629. The molecule has 2 amide bonds. The molecule has 0 saturated heterocycles. The molecule has 7 heteroatoms. The van der Waals surface area contributed by atoms with Gasteiger partial charge in [0.15, 0.2) is 0 Å². The molecule has 2 rings (SSSR count). The predicted molar refractivity (Wildman–Crippen MR) is 118 cm³/mol. The molecule has 0 spiro atoms. The number of carbonyl (C=O) groups is 2. The molecule has 1 heterocycles. The van der Waals surface area contributed by atoms with Gasteiger partial charge in [-0.05, 0) is 45.4 Å². The van der Waals surface area contributed by atoms with Crippen LogP contribution in [0.25, 0.3) is 0 Å². The fourth-order valence-electron chi connectivity index (χ4n) is 4.03. The Bertz CT molecular complexity index is 696. The molecular weight excluding hydrogens is 380 g/mol. The van der Waals surface area contributed by atoms with E-state index in [1.165, 1.54) is 0 Å². The van der Waals surface area contributed by atoms with Gasteiger partial charge in [0.05, 0.1) is 17.9 Å². The standard InChI is InChI=1S/C23H38N4O3/c1-6-27(7-2)23(29)19-15-25-22(16(3)4)26-21(19)18-10-8-17(9-11-18)14-24-20(28)12-13-30-5/h15-18H,6-14H2,1-5H3,(H,24,28). The Morgan fingerprint density at radius 2 is 1.87 bits per heavy atom. The Kier molecular flexibility index (Phi) is 9.69. The molecule has 1 N–H and O–H groups in total. The van der Waals surface area contributed by atoms with Crippen molar-refractivity contribution in [3.63, 3.8) is 0 Å². The Hall–Kier alpha value is -2.02. The maximum Gasteiger partial charge on any atom is 0.257 e. The van der Waals surface area contributed by atoms with Gasteiger partial charge in [-0.25, -0.2) is 9.97 Å². The van der Waals surface area contributed by atoms with E-state index < -0.39 is 0 Å². The number of hydrogen-bond donors (Lipinski definition) is 1. The molecule has 0 bridgehead atoms. The summed E-state index contributed by atoms with van der Waals surface area (Å²) in [6.45, 7) is 10.7.